The molecule has 4 rings (SSSR count). The molecule has 166 valence electrons. The SMILES string of the molecule is O=C(NCCN1CCCC1)Oc1noc2c1CN(C(=O)COCc1ccccc1)CC2. The highest BCUT2D eigenvalue weighted by Crippen LogP contribution is 2.27. The van der Waals surface area contributed by atoms with Crippen molar-refractivity contribution in [3.8, 4) is 5.88 Å². The Morgan fingerprint density at radius 2 is 1.94 bits per heavy atom. The van der Waals surface area contributed by atoms with Crippen molar-refractivity contribution in [3.63, 3.8) is 0 Å². The Labute approximate surface area is 181 Å². The fourth-order valence-corrected chi connectivity index (χ4v) is 3.85. The predicted molar refractivity (Wildman–Crippen MR) is 111 cm³/mol. The normalized spacial score (nSPS) is 16.2. The van der Waals surface area contributed by atoms with Crippen molar-refractivity contribution in [1.82, 2.24) is 20.3 Å². The van der Waals surface area contributed by atoms with Gasteiger partial charge in [-0.2, -0.15) is 0 Å². The maximum Gasteiger partial charge on any atom is 0.414 e. The van der Waals surface area contributed by atoms with Crippen molar-refractivity contribution in [2.24, 2.45) is 0 Å². The summed E-state index contributed by atoms with van der Waals surface area (Å²) in [6, 6.07) is 9.71. The van der Waals surface area contributed by atoms with Crippen LogP contribution in [0.5, 0.6) is 5.88 Å². The third kappa shape index (κ3) is 5.83. The molecule has 0 aliphatic carbocycles. The maximum absolute atomic E-state index is 12.5. The number of amides is 2. The second-order valence-corrected chi connectivity index (χ2v) is 7.80. The van der Waals surface area contributed by atoms with E-state index >= 15 is 0 Å². The molecule has 0 spiro atoms. The summed E-state index contributed by atoms with van der Waals surface area (Å²) < 4.78 is 16.2. The molecule has 9 nitrogen and oxygen atoms in total. The fraction of sp³-hybridized carbons (Fsp3) is 0.500. The number of hydrogen-bond donors (Lipinski definition) is 1. The van der Waals surface area contributed by atoms with Crippen LogP contribution in [0, 0.1) is 0 Å². The number of ether oxygens (including phenoxy) is 2. The molecule has 0 radical (unpaired) electrons. The average molecular weight is 428 g/mol. The van der Waals surface area contributed by atoms with Crippen molar-refractivity contribution >= 4 is 12.0 Å². The monoisotopic (exact) mass is 428 g/mol. The van der Waals surface area contributed by atoms with E-state index in [2.05, 4.69) is 15.4 Å². The number of likely N-dealkylation sites (tertiary alicyclic amines) is 1. The molecule has 0 atom stereocenters. The van der Waals surface area contributed by atoms with Gasteiger partial charge >= 0.3 is 6.09 Å². The van der Waals surface area contributed by atoms with Gasteiger partial charge in [0.1, 0.15) is 12.4 Å². The third-order valence-corrected chi connectivity index (χ3v) is 5.57. The number of aromatic nitrogens is 1. The summed E-state index contributed by atoms with van der Waals surface area (Å²) in [5.74, 6) is 0.647. The van der Waals surface area contributed by atoms with Gasteiger partial charge < -0.3 is 29.1 Å². The Balaban J connectivity index is 1.24. The Morgan fingerprint density at radius 1 is 1.13 bits per heavy atom. The fourth-order valence-electron chi connectivity index (χ4n) is 3.85. The van der Waals surface area contributed by atoms with Crippen molar-refractivity contribution < 1.29 is 23.6 Å². The van der Waals surface area contributed by atoms with Crippen molar-refractivity contribution in [1.29, 1.82) is 0 Å². The lowest BCUT2D eigenvalue weighted by molar-refractivity contribution is -0.137. The average Bonchev–Trinajstić information content (AvgIpc) is 3.44. The first kappa shape index (κ1) is 21.3. The van der Waals surface area contributed by atoms with E-state index in [4.69, 9.17) is 14.0 Å². The molecule has 1 N–H and O–H groups in total. The van der Waals surface area contributed by atoms with Crippen LogP contribution in [0.15, 0.2) is 34.9 Å². The number of nitrogens with one attached hydrogen (secondary N) is 1. The lowest BCUT2D eigenvalue weighted by atomic mass is 10.1. The van der Waals surface area contributed by atoms with Crippen LogP contribution in [0.2, 0.25) is 0 Å². The molecule has 2 aromatic rings. The number of nitrogens with zero attached hydrogens (tertiary/aromatic N) is 3. The summed E-state index contributed by atoms with van der Waals surface area (Å²) in [6.07, 6.45) is 2.38. The Hall–Kier alpha value is -2.91. The molecule has 2 aliphatic rings. The van der Waals surface area contributed by atoms with Gasteiger partial charge in [-0.05, 0) is 36.7 Å². The Kier molecular flexibility index (Phi) is 7.16. The number of fused-ring (bicyclic) bond motifs is 1. The Bertz CT molecular complexity index is 879. The molecule has 2 aliphatic heterocycles. The highest BCUT2D eigenvalue weighted by atomic mass is 16.6. The van der Waals surface area contributed by atoms with Gasteiger partial charge in [-0.25, -0.2) is 4.79 Å². The van der Waals surface area contributed by atoms with E-state index in [0.29, 0.717) is 37.4 Å². The van der Waals surface area contributed by atoms with Crippen molar-refractivity contribution in [2.45, 2.75) is 32.4 Å². The van der Waals surface area contributed by atoms with E-state index in [1.165, 1.54) is 12.8 Å². The summed E-state index contributed by atoms with van der Waals surface area (Å²) in [7, 11) is 0. The first-order valence-corrected chi connectivity index (χ1v) is 10.7. The standard InChI is InChI=1S/C22H28N4O5/c27-20(16-29-15-17-6-2-1-3-7-17)26-12-8-19-18(14-26)21(24-31-19)30-22(28)23-9-13-25-10-4-5-11-25/h1-3,6-7H,4-5,8-16H2,(H,23,28). The quantitative estimate of drug-likeness (QED) is 0.686. The minimum absolute atomic E-state index is 0.0112. The van der Waals surface area contributed by atoms with Gasteiger partial charge in [0.2, 0.25) is 5.91 Å². The van der Waals surface area contributed by atoms with Crippen molar-refractivity contribution in [2.75, 3.05) is 39.3 Å². The van der Waals surface area contributed by atoms with Crippen LogP contribution in [0.1, 0.15) is 29.7 Å². The number of hydrogen-bond acceptors (Lipinski definition) is 7. The summed E-state index contributed by atoms with van der Waals surface area (Å²) in [6.45, 7) is 4.63. The lowest BCUT2D eigenvalue weighted by Gasteiger charge is -2.25. The van der Waals surface area contributed by atoms with Gasteiger partial charge in [0, 0.05) is 26.1 Å². The van der Waals surface area contributed by atoms with Crippen LogP contribution in [0.3, 0.4) is 0 Å². The molecular weight excluding hydrogens is 400 g/mol. The molecule has 0 bridgehead atoms. The minimum Gasteiger partial charge on any atom is -0.387 e. The second-order valence-electron chi connectivity index (χ2n) is 7.80. The molecule has 1 aromatic heterocycles. The number of carbonyl (C=O) groups excluding carboxylic acids is 2. The van der Waals surface area contributed by atoms with Crippen molar-refractivity contribution in [3.05, 3.63) is 47.2 Å². The zero-order chi connectivity index (χ0) is 21.5. The smallest absolute Gasteiger partial charge is 0.387 e. The van der Waals surface area contributed by atoms with Crippen LogP contribution in [0.4, 0.5) is 4.79 Å². The highest BCUT2D eigenvalue weighted by molar-refractivity contribution is 5.78. The number of benzene rings is 1. The van der Waals surface area contributed by atoms with Crippen LogP contribution >= 0.6 is 0 Å². The first-order chi connectivity index (χ1) is 15.2. The van der Waals surface area contributed by atoms with Crippen LogP contribution in [-0.2, 0) is 29.1 Å². The van der Waals surface area contributed by atoms with E-state index in [1.807, 2.05) is 30.3 Å². The van der Waals surface area contributed by atoms with E-state index in [0.717, 1.165) is 25.2 Å². The zero-order valence-electron chi connectivity index (χ0n) is 17.5. The summed E-state index contributed by atoms with van der Waals surface area (Å²) in [5.41, 5.74) is 1.65. The van der Waals surface area contributed by atoms with Crippen LogP contribution < -0.4 is 10.1 Å². The van der Waals surface area contributed by atoms with Gasteiger partial charge in [-0.3, -0.25) is 4.79 Å². The Morgan fingerprint density at radius 3 is 2.74 bits per heavy atom. The summed E-state index contributed by atoms with van der Waals surface area (Å²) in [4.78, 5) is 28.6. The van der Waals surface area contributed by atoms with Crippen LogP contribution in [0.25, 0.3) is 0 Å². The van der Waals surface area contributed by atoms with Gasteiger partial charge in [-0.1, -0.05) is 30.3 Å². The zero-order valence-corrected chi connectivity index (χ0v) is 17.5. The molecule has 3 heterocycles. The first-order valence-electron chi connectivity index (χ1n) is 10.7. The van der Waals surface area contributed by atoms with Gasteiger partial charge in [0.15, 0.2) is 0 Å². The molecule has 31 heavy (non-hydrogen) atoms. The van der Waals surface area contributed by atoms with Gasteiger partial charge in [0.25, 0.3) is 5.88 Å². The van der Waals surface area contributed by atoms with E-state index < -0.39 is 6.09 Å². The third-order valence-electron chi connectivity index (χ3n) is 5.57. The molecule has 0 unspecified atom stereocenters. The molecule has 2 amide bonds. The van der Waals surface area contributed by atoms with Gasteiger partial charge in [-0.15, -0.1) is 0 Å². The minimum atomic E-state index is -0.565. The van der Waals surface area contributed by atoms with Crippen LogP contribution in [-0.4, -0.2) is 66.3 Å². The van der Waals surface area contributed by atoms with E-state index in [-0.39, 0.29) is 24.9 Å². The molecular formula is C22H28N4O5. The van der Waals surface area contributed by atoms with E-state index in [1.54, 1.807) is 4.90 Å². The lowest BCUT2D eigenvalue weighted by Crippen LogP contribution is -2.38. The second kappa shape index (κ2) is 10.4. The largest absolute Gasteiger partial charge is 0.414 e. The summed E-state index contributed by atoms with van der Waals surface area (Å²) >= 11 is 0. The molecule has 0 saturated carbocycles. The molecule has 1 saturated heterocycles. The topological polar surface area (TPSA) is 97.1 Å². The highest BCUT2D eigenvalue weighted by Gasteiger charge is 2.29. The predicted octanol–water partition coefficient (Wildman–Crippen LogP) is 1.96. The summed E-state index contributed by atoms with van der Waals surface area (Å²) in [5, 5.41) is 6.63. The van der Waals surface area contributed by atoms with Gasteiger partial charge in [0.05, 0.1) is 18.7 Å². The molecule has 1 aromatic carbocycles. The molecule has 9 heteroatoms. The van der Waals surface area contributed by atoms with E-state index in [9.17, 15) is 9.59 Å². The number of carbonyl (C=O) groups is 2. The molecule has 1 fully saturated rings. The number of rotatable bonds is 8. The maximum atomic E-state index is 12.5.